The zero-order chi connectivity index (χ0) is 14.2. The molecule has 19 heavy (non-hydrogen) atoms. The third-order valence-corrected chi connectivity index (χ3v) is 3.31. The van der Waals surface area contributed by atoms with Crippen LogP contribution in [0.15, 0.2) is 22.6 Å². The number of carboxylic acid groups (broad SMARTS) is 1. The van der Waals surface area contributed by atoms with Crippen LogP contribution < -0.4 is 4.74 Å². The van der Waals surface area contributed by atoms with Gasteiger partial charge in [0.25, 0.3) is 0 Å². The molecule has 1 aromatic carbocycles. The van der Waals surface area contributed by atoms with E-state index in [1.165, 1.54) is 0 Å². The molecule has 102 valence electrons. The Kier molecular flexibility index (Phi) is 3.27. The second kappa shape index (κ2) is 4.61. The van der Waals surface area contributed by atoms with Gasteiger partial charge in [-0.1, -0.05) is 19.9 Å². The first-order valence-electron chi connectivity index (χ1n) is 6.14. The Hall–Kier alpha value is -1.97. The summed E-state index contributed by atoms with van der Waals surface area (Å²) in [5.41, 5.74) is 1.17. The lowest BCUT2D eigenvalue weighted by Crippen LogP contribution is -2.21. The van der Waals surface area contributed by atoms with Crippen LogP contribution in [0, 0.1) is 6.92 Å². The van der Waals surface area contributed by atoms with Crippen molar-refractivity contribution in [2.24, 2.45) is 0 Å². The molecule has 0 aliphatic carbocycles. The van der Waals surface area contributed by atoms with Crippen molar-refractivity contribution in [3.8, 4) is 5.75 Å². The van der Waals surface area contributed by atoms with E-state index in [2.05, 4.69) is 0 Å². The van der Waals surface area contributed by atoms with Gasteiger partial charge in [0.1, 0.15) is 5.76 Å². The SMILES string of the molecule is COc1ccc(C(C)(C)CC(=O)O)c2cc(C)oc12. The predicted octanol–water partition coefficient (Wildman–Crippen LogP) is 3.50. The first kappa shape index (κ1) is 13.5. The van der Waals surface area contributed by atoms with Crippen LogP contribution >= 0.6 is 0 Å². The average molecular weight is 262 g/mol. The van der Waals surface area contributed by atoms with E-state index in [4.69, 9.17) is 14.3 Å². The van der Waals surface area contributed by atoms with Crippen molar-refractivity contribution < 1.29 is 19.1 Å². The van der Waals surface area contributed by atoms with Crippen molar-refractivity contribution in [1.29, 1.82) is 0 Å². The van der Waals surface area contributed by atoms with Gasteiger partial charge in [-0.05, 0) is 24.6 Å². The normalized spacial score (nSPS) is 11.8. The lowest BCUT2D eigenvalue weighted by Gasteiger charge is -2.24. The van der Waals surface area contributed by atoms with Crippen LogP contribution in [0.5, 0.6) is 5.75 Å². The topological polar surface area (TPSA) is 59.7 Å². The van der Waals surface area contributed by atoms with Crippen molar-refractivity contribution in [1.82, 2.24) is 0 Å². The second-order valence-electron chi connectivity index (χ2n) is 5.37. The highest BCUT2D eigenvalue weighted by molar-refractivity contribution is 5.88. The molecule has 0 saturated carbocycles. The van der Waals surface area contributed by atoms with Crippen LogP contribution in [0.3, 0.4) is 0 Å². The quantitative estimate of drug-likeness (QED) is 0.916. The summed E-state index contributed by atoms with van der Waals surface area (Å²) in [7, 11) is 1.59. The highest BCUT2D eigenvalue weighted by atomic mass is 16.5. The third kappa shape index (κ3) is 2.43. The molecule has 0 aliphatic heterocycles. The first-order valence-corrected chi connectivity index (χ1v) is 6.14. The number of carboxylic acids is 1. The zero-order valence-electron chi connectivity index (χ0n) is 11.6. The van der Waals surface area contributed by atoms with Crippen LogP contribution in [0.4, 0.5) is 0 Å². The lowest BCUT2D eigenvalue weighted by atomic mass is 9.80. The fraction of sp³-hybridized carbons (Fsp3) is 0.400. The summed E-state index contributed by atoms with van der Waals surface area (Å²) < 4.78 is 10.9. The third-order valence-electron chi connectivity index (χ3n) is 3.31. The van der Waals surface area contributed by atoms with Gasteiger partial charge in [0, 0.05) is 10.8 Å². The van der Waals surface area contributed by atoms with Crippen molar-refractivity contribution in [2.45, 2.75) is 32.6 Å². The van der Waals surface area contributed by atoms with Crippen LogP contribution in [-0.4, -0.2) is 18.2 Å². The Morgan fingerprint density at radius 2 is 2.11 bits per heavy atom. The van der Waals surface area contributed by atoms with Gasteiger partial charge < -0.3 is 14.3 Å². The molecule has 0 radical (unpaired) electrons. The van der Waals surface area contributed by atoms with Gasteiger partial charge in [-0.2, -0.15) is 0 Å². The van der Waals surface area contributed by atoms with Gasteiger partial charge >= 0.3 is 5.97 Å². The van der Waals surface area contributed by atoms with Crippen LogP contribution in [0.25, 0.3) is 11.0 Å². The molecule has 0 spiro atoms. The highest BCUT2D eigenvalue weighted by Gasteiger charge is 2.27. The minimum atomic E-state index is -0.811. The number of benzene rings is 1. The van der Waals surface area contributed by atoms with E-state index in [0.717, 1.165) is 16.7 Å². The molecule has 2 aromatic rings. The maximum atomic E-state index is 11.0. The smallest absolute Gasteiger partial charge is 0.304 e. The standard InChI is InChI=1S/C15H18O4/c1-9-7-10-11(15(2,3)8-13(16)17)5-6-12(18-4)14(10)19-9/h5-7H,8H2,1-4H3,(H,16,17). The molecule has 0 fully saturated rings. The van der Waals surface area contributed by atoms with E-state index in [1.54, 1.807) is 7.11 Å². The average Bonchev–Trinajstić information content (AvgIpc) is 2.66. The number of ether oxygens (including phenoxy) is 1. The summed E-state index contributed by atoms with van der Waals surface area (Å²) in [6, 6.07) is 5.67. The van der Waals surface area contributed by atoms with Gasteiger partial charge in [0.05, 0.1) is 13.5 Å². The molecule has 0 atom stereocenters. The first-order chi connectivity index (χ1) is 8.85. The number of carbonyl (C=O) groups is 1. The van der Waals surface area contributed by atoms with E-state index in [0.29, 0.717) is 11.3 Å². The maximum absolute atomic E-state index is 11.0. The van der Waals surface area contributed by atoms with Gasteiger partial charge in [-0.25, -0.2) is 0 Å². The lowest BCUT2D eigenvalue weighted by molar-refractivity contribution is -0.138. The van der Waals surface area contributed by atoms with E-state index >= 15 is 0 Å². The summed E-state index contributed by atoms with van der Waals surface area (Å²) in [6.07, 6.45) is 0.0681. The molecule has 0 unspecified atom stereocenters. The molecule has 1 N–H and O–H groups in total. The minimum Gasteiger partial charge on any atom is -0.493 e. The van der Waals surface area contributed by atoms with Crippen molar-refractivity contribution in [3.63, 3.8) is 0 Å². The van der Waals surface area contributed by atoms with E-state index in [9.17, 15) is 4.79 Å². The Morgan fingerprint density at radius 1 is 1.42 bits per heavy atom. The molecule has 1 heterocycles. The van der Waals surface area contributed by atoms with E-state index < -0.39 is 11.4 Å². The summed E-state index contributed by atoms with van der Waals surface area (Å²) in [5.74, 6) is 0.638. The van der Waals surface area contributed by atoms with E-state index in [-0.39, 0.29) is 6.42 Å². The van der Waals surface area contributed by atoms with Crippen LogP contribution in [0.1, 0.15) is 31.6 Å². The monoisotopic (exact) mass is 262 g/mol. The number of methoxy groups -OCH3 is 1. The molecule has 2 rings (SSSR count). The van der Waals surface area contributed by atoms with E-state index in [1.807, 2.05) is 39.0 Å². The second-order valence-corrected chi connectivity index (χ2v) is 5.37. The van der Waals surface area contributed by atoms with Gasteiger partial charge in [-0.15, -0.1) is 0 Å². The number of aliphatic carboxylic acids is 1. The van der Waals surface area contributed by atoms with Crippen molar-refractivity contribution in [2.75, 3.05) is 7.11 Å². The highest BCUT2D eigenvalue weighted by Crippen LogP contribution is 2.38. The van der Waals surface area contributed by atoms with Crippen molar-refractivity contribution >= 4 is 16.9 Å². The molecule has 4 heteroatoms. The Labute approximate surface area is 112 Å². The molecular formula is C15H18O4. The minimum absolute atomic E-state index is 0.0681. The van der Waals surface area contributed by atoms with Crippen LogP contribution in [-0.2, 0) is 10.2 Å². The fourth-order valence-corrected chi connectivity index (χ4v) is 2.45. The maximum Gasteiger partial charge on any atom is 0.304 e. The Bertz CT molecular complexity index is 622. The number of furan rings is 1. The molecule has 0 saturated heterocycles. The fourth-order valence-electron chi connectivity index (χ4n) is 2.45. The van der Waals surface area contributed by atoms with Crippen LogP contribution in [0.2, 0.25) is 0 Å². The van der Waals surface area contributed by atoms with Gasteiger partial charge in [0.15, 0.2) is 11.3 Å². The summed E-state index contributed by atoms with van der Waals surface area (Å²) in [4.78, 5) is 11.0. The molecule has 1 aromatic heterocycles. The molecule has 0 bridgehead atoms. The number of fused-ring (bicyclic) bond motifs is 1. The largest absolute Gasteiger partial charge is 0.493 e. The molecule has 4 nitrogen and oxygen atoms in total. The molecular weight excluding hydrogens is 244 g/mol. The molecule has 0 amide bonds. The van der Waals surface area contributed by atoms with Gasteiger partial charge in [-0.3, -0.25) is 4.79 Å². The van der Waals surface area contributed by atoms with Crippen molar-refractivity contribution in [3.05, 3.63) is 29.5 Å². The summed E-state index contributed by atoms with van der Waals surface area (Å²) in [6.45, 7) is 5.71. The Balaban J connectivity index is 2.64. The summed E-state index contributed by atoms with van der Waals surface area (Å²) in [5, 5.41) is 9.96. The molecule has 0 aliphatic rings. The van der Waals surface area contributed by atoms with Gasteiger partial charge in [0.2, 0.25) is 0 Å². The number of aryl methyl sites for hydroxylation is 1. The zero-order valence-corrected chi connectivity index (χ0v) is 11.6. The Morgan fingerprint density at radius 3 is 2.68 bits per heavy atom. The summed E-state index contributed by atoms with van der Waals surface area (Å²) >= 11 is 0. The number of hydrogen-bond acceptors (Lipinski definition) is 3. The predicted molar refractivity (Wildman–Crippen MR) is 72.8 cm³/mol. The number of hydrogen-bond donors (Lipinski definition) is 1. The number of rotatable bonds is 4.